The second-order valence-corrected chi connectivity index (χ2v) is 4.06. The number of fused-ring (bicyclic) bond motifs is 1. The number of aliphatic hydroxyl groups excluding tert-OH is 2. The fourth-order valence-electron chi connectivity index (χ4n) is 2.04. The molecule has 18 heavy (non-hydrogen) atoms. The van der Waals surface area contributed by atoms with Crippen molar-refractivity contribution in [2.24, 2.45) is 0 Å². The van der Waals surface area contributed by atoms with E-state index in [1.165, 1.54) is 17.2 Å². The van der Waals surface area contributed by atoms with E-state index in [0.717, 1.165) is 6.08 Å². The van der Waals surface area contributed by atoms with Crippen LogP contribution in [0.5, 0.6) is 0 Å². The summed E-state index contributed by atoms with van der Waals surface area (Å²) in [5.74, 6) is -0.562. The molecule has 0 spiro atoms. The summed E-state index contributed by atoms with van der Waals surface area (Å²) in [4.78, 5) is 11.8. The van der Waals surface area contributed by atoms with Crippen molar-refractivity contribution in [3.8, 4) is 0 Å². The van der Waals surface area contributed by atoms with Crippen molar-refractivity contribution in [3.05, 3.63) is 24.6 Å². The number of nitrogens with two attached hydrogens (primary N) is 1. The first-order valence-electron chi connectivity index (χ1n) is 5.26. The molecule has 2 heterocycles. The van der Waals surface area contributed by atoms with Crippen LogP contribution in [0.1, 0.15) is 6.04 Å². The zero-order valence-corrected chi connectivity index (χ0v) is 9.10. The molecule has 2 aromatic heterocycles. The van der Waals surface area contributed by atoms with Gasteiger partial charge in [-0.25, -0.2) is 19.3 Å². The molecule has 1 aliphatic carbocycles. The smallest absolute Gasteiger partial charge is 0.166 e. The van der Waals surface area contributed by atoms with Gasteiger partial charge < -0.3 is 20.5 Å². The summed E-state index contributed by atoms with van der Waals surface area (Å²) in [7, 11) is 0. The lowest BCUT2D eigenvalue weighted by atomic mass is 10.2. The molecule has 0 amide bonds. The zero-order chi connectivity index (χ0) is 12.9. The van der Waals surface area contributed by atoms with Crippen LogP contribution < -0.4 is 5.73 Å². The lowest BCUT2D eigenvalue weighted by Gasteiger charge is -2.17. The van der Waals surface area contributed by atoms with Crippen LogP contribution in [0.2, 0.25) is 0 Å². The van der Waals surface area contributed by atoms with E-state index in [-0.39, 0.29) is 5.82 Å². The van der Waals surface area contributed by atoms with E-state index < -0.39 is 24.1 Å². The molecular weight excluding hydrogens is 241 g/mol. The van der Waals surface area contributed by atoms with Crippen molar-refractivity contribution in [2.75, 3.05) is 5.73 Å². The summed E-state index contributed by atoms with van der Waals surface area (Å²) < 4.78 is 14.7. The highest BCUT2D eigenvalue weighted by atomic mass is 19.1. The van der Waals surface area contributed by atoms with Crippen molar-refractivity contribution in [1.29, 1.82) is 0 Å². The lowest BCUT2D eigenvalue weighted by molar-refractivity contribution is 0.0242. The third-order valence-electron chi connectivity index (χ3n) is 2.99. The van der Waals surface area contributed by atoms with Gasteiger partial charge in [0.1, 0.15) is 29.9 Å². The third-order valence-corrected chi connectivity index (χ3v) is 2.99. The zero-order valence-electron chi connectivity index (χ0n) is 9.10. The Labute approximate surface area is 100 Å². The van der Waals surface area contributed by atoms with Crippen LogP contribution in [0, 0.1) is 0 Å². The minimum atomic E-state index is -1.52. The van der Waals surface area contributed by atoms with Crippen LogP contribution in [0.3, 0.4) is 0 Å². The van der Waals surface area contributed by atoms with E-state index in [1.54, 1.807) is 0 Å². The summed E-state index contributed by atoms with van der Waals surface area (Å²) in [5, 5.41) is 19.1. The van der Waals surface area contributed by atoms with Crippen LogP contribution in [0.4, 0.5) is 10.2 Å². The first kappa shape index (κ1) is 11.1. The average molecular weight is 251 g/mol. The van der Waals surface area contributed by atoms with Crippen LogP contribution in [0.15, 0.2) is 24.6 Å². The minimum Gasteiger partial charge on any atom is -0.387 e. The summed E-state index contributed by atoms with van der Waals surface area (Å²) in [6.45, 7) is 0. The molecule has 94 valence electrons. The second kappa shape index (κ2) is 3.72. The number of nitrogen functional groups attached to an aromatic ring is 1. The first-order valence-corrected chi connectivity index (χ1v) is 5.26. The predicted octanol–water partition coefficient (Wildman–Crippen LogP) is -0.462. The van der Waals surface area contributed by atoms with E-state index in [2.05, 4.69) is 15.0 Å². The Morgan fingerprint density at radius 2 is 2.06 bits per heavy atom. The summed E-state index contributed by atoms with van der Waals surface area (Å²) in [5.41, 5.74) is 6.38. The van der Waals surface area contributed by atoms with Crippen molar-refractivity contribution >= 4 is 17.0 Å². The monoisotopic (exact) mass is 251 g/mol. The maximum absolute atomic E-state index is 13.2. The molecule has 0 radical (unpaired) electrons. The number of rotatable bonds is 1. The van der Waals surface area contributed by atoms with Gasteiger partial charge in [-0.3, -0.25) is 0 Å². The molecule has 0 aliphatic heterocycles. The molecular formula is C10H10FN5O2. The number of halogens is 1. The maximum Gasteiger partial charge on any atom is 0.166 e. The van der Waals surface area contributed by atoms with Gasteiger partial charge in [0.2, 0.25) is 0 Å². The topological polar surface area (TPSA) is 110 Å². The fourth-order valence-corrected chi connectivity index (χ4v) is 2.04. The van der Waals surface area contributed by atoms with Gasteiger partial charge in [0.15, 0.2) is 11.5 Å². The van der Waals surface area contributed by atoms with Gasteiger partial charge in [0.25, 0.3) is 0 Å². The molecule has 3 atom stereocenters. The number of hydrogen-bond donors (Lipinski definition) is 3. The molecule has 3 rings (SSSR count). The van der Waals surface area contributed by atoms with Crippen molar-refractivity contribution in [1.82, 2.24) is 19.5 Å². The third kappa shape index (κ3) is 1.39. The maximum atomic E-state index is 13.2. The Kier molecular flexibility index (Phi) is 2.28. The minimum absolute atomic E-state index is 0.205. The number of aromatic nitrogens is 4. The number of aliphatic hydroxyl groups is 2. The molecule has 7 nitrogen and oxygen atoms in total. The van der Waals surface area contributed by atoms with Gasteiger partial charge in [0, 0.05) is 0 Å². The van der Waals surface area contributed by atoms with Gasteiger partial charge in [-0.05, 0) is 6.08 Å². The van der Waals surface area contributed by atoms with Crippen LogP contribution in [-0.2, 0) is 0 Å². The van der Waals surface area contributed by atoms with Gasteiger partial charge in [0.05, 0.1) is 12.4 Å². The second-order valence-electron chi connectivity index (χ2n) is 4.06. The molecule has 8 heteroatoms. The highest BCUT2D eigenvalue weighted by molar-refractivity contribution is 5.81. The standard InChI is InChI=1S/C10H10FN5O2/c11-4-1-5(8(18)7(4)17)16-3-15-6-9(12)13-2-14-10(6)16/h1-3,5,7-8,17-18H,(H2,12,13,14)/t5-,7-,8+/m1/s1. The van der Waals surface area contributed by atoms with Crippen molar-refractivity contribution < 1.29 is 14.6 Å². The van der Waals surface area contributed by atoms with Crippen LogP contribution >= 0.6 is 0 Å². The molecule has 0 fully saturated rings. The molecule has 1 aliphatic rings. The van der Waals surface area contributed by atoms with E-state index in [9.17, 15) is 14.6 Å². The van der Waals surface area contributed by atoms with Crippen LogP contribution in [-0.4, -0.2) is 41.9 Å². The summed E-state index contributed by atoms with van der Waals surface area (Å²) >= 11 is 0. The largest absolute Gasteiger partial charge is 0.387 e. The molecule has 0 saturated carbocycles. The summed E-state index contributed by atoms with van der Waals surface area (Å²) in [6, 6.07) is -0.765. The number of imidazole rings is 1. The Morgan fingerprint density at radius 1 is 1.28 bits per heavy atom. The van der Waals surface area contributed by atoms with E-state index in [0.29, 0.717) is 11.2 Å². The predicted molar refractivity (Wildman–Crippen MR) is 60.0 cm³/mol. The number of nitrogens with zero attached hydrogens (tertiary/aromatic N) is 4. The van der Waals surface area contributed by atoms with E-state index in [1.807, 2.05) is 0 Å². The van der Waals surface area contributed by atoms with Gasteiger partial charge in [-0.1, -0.05) is 0 Å². The molecule has 0 unspecified atom stereocenters. The molecule has 0 bridgehead atoms. The number of hydrogen-bond acceptors (Lipinski definition) is 6. The van der Waals surface area contributed by atoms with Gasteiger partial charge in [-0.2, -0.15) is 0 Å². The quantitative estimate of drug-likeness (QED) is 0.632. The molecule has 2 aromatic rings. The van der Waals surface area contributed by atoms with Crippen LogP contribution in [0.25, 0.3) is 11.2 Å². The Morgan fingerprint density at radius 3 is 2.72 bits per heavy atom. The van der Waals surface area contributed by atoms with Gasteiger partial charge >= 0.3 is 0 Å². The Bertz CT molecular complexity index is 640. The average Bonchev–Trinajstić information content (AvgIpc) is 2.88. The SMILES string of the molecule is Nc1ncnc2c1ncn2[C@@H]1C=C(F)[C@@H](O)[C@H]1O. The fraction of sp³-hybridized carbons (Fsp3) is 0.300. The lowest BCUT2D eigenvalue weighted by Crippen LogP contribution is -2.28. The highest BCUT2D eigenvalue weighted by Crippen LogP contribution is 2.32. The molecule has 0 aromatic carbocycles. The Balaban J connectivity index is 2.14. The number of anilines is 1. The van der Waals surface area contributed by atoms with Gasteiger partial charge in [-0.15, -0.1) is 0 Å². The Hall–Kier alpha value is -2.06. The highest BCUT2D eigenvalue weighted by Gasteiger charge is 2.37. The van der Waals surface area contributed by atoms with Crippen molar-refractivity contribution in [3.63, 3.8) is 0 Å². The molecule has 4 N–H and O–H groups in total. The van der Waals surface area contributed by atoms with Crippen molar-refractivity contribution in [2.45, 2.75) is 18.2 Å². The summed E-state index contributed by atoms with van der Waals surface area (Å²) in [6.07, 6.45) is 0.971. The normalized spacial score (nSPS) is 27.7. The first-order chi connectivity index (χ1) is 8.59. The van der Waals surface area contributed by atoms with E-state index in [4.69, 9.17) is 5.73 Å². The molecule has 0 saturated heterocycles. The van der Waals surface area contributed by atoms with E-state index >= 15 is 0 Å².